The molecule has 1 aliphatic heterocycles. The van der Waals surface area contributed by atoms with E-state index in [0.717, 1.165) is 32.7 Å². The normalized spacial score (nSPS) is 21.6. The van der Waals surface area contributed by atoms with Crippen LogP contribution in [0.5, 0.6) is 0 Å². The predicted molar refractivity (Wildman–Crippen MR) is 69.9 cm³/mol. The number of nitrogens with zero attached hydrogens (tertiary/aromatic N) is 1. The first-order chi connectivity index (χ1) is 8.29. The van der Waals surface area contributed by atoms with Crippen molar-refractivity contribution in [2.45, 2.75) is 26.0 Å². The van der Waals surface area contributed by atoms with Gasteiger partial charge in [-0.15, -0.1) is 0 Å². The van der Waals surface area contributed by atoms with Crippen LogP contribution in [-0.2, 0) is 11.3 Å². The Bertz CT molecular complexity index is 352. The summed E-state index contributed by atoms with van der Waals surface area (Å²) < 4.78 is 5.69. The summed E-state index contributed by atoms with van der Waals surface area (Å²) in [6.07, 6.45) is 1.28. The van der Waals surface area contributed by atoms with Crippen molar-refractivity contribution in [1.29, 1.82) is 0 Å². The van der Waals surface area contributed by atoms with Gasteiger partial charge in [-0.25, -0.2) is 0 Å². The molecule has 0 saturated carbocycles. The Morgan fingerprint density at radius 2 is 2.24 bits per heavy atom. The van der Waals surface area contributed by atoms with E-state index in [4.69, 9.17) is 10.5 Å². The summed E-state index contributed by atoms with van der Waals surface area (Å²) in [6, 6.07) is 8.59. The van der Waals surface area contributed by atoms with Gasteiger partial charge < -0.3 is 10.5 Å². The van der Waals surface area contributed by atoms with Crippen LogP contribution in [0.15, 0.2) is 24.3 Å². The first kappa shape index (κ1) is 12.6. The molecule has 1 heterocycles. The number of ether oxygens (including phenoxy) is 1. The van der Waals surface area contributed by atoms with Crippen molar-refractivity contribution in [3.05, 3.63) is 35.4 Å². The van der Waals surface area contributed by atoms with E-state index in [-0.39, 0.29) is 0 Å². The summed E-state index contributed by atoms with van der Waals surface area (Å²) in [6.45, 7) is 6.77. The first-order valence-corrected chi connectivity index (χ1v) is 6.38. The van der Waals surface area contributed by atoms with Crippen molar-refractivity contribution >= 4 is 0 Å². The van der Waals surface area contributed by atoms with Gasteiger partial charge in [0.15, 0.2) is 0 Å². The van der Waals surface area contributed by atoms with Gasteiger partial charge in [0, 0.05) is 19.6 Å². The second kappa shape index (κ2) is 6.15. The van der Waals surface area contributed by atoms with E-state index in [1.54, 1.807) is 0 Å². The highest BCUT2D eigenvalue weighted by Crippen LogP contribution is 2.14. The molecule has 2 N–H and O–H groups in total. The Hall–Kier alpha value is -0.900. The van der Waals surface area contributed by atoms with E-state index >= 15 is 0 Å². The Balaban J connectivity index is 1.92. The molecule has 1 atom stereocenters. The fourth-order valence-corrected chi connectivity index (χ4v) is 2.31. The quantitative estimate of drug-likeness (QED) is 0.859. The van der Waals surface area contributed by atoms with Crippen molar-refractivity contribution in [2.24, 2.45) is 5.73 Å². The molecule has 2 rings (SSSR count). The maximum Gasteiger partial charge on any atom is 0.0714 e. The Kier molecular flexibility index (Phi) is 4.54. The third kappa shape index (κ3) is 3.53. The second-order valence-corrected chi connectivity index (χ2v) is 4.73. The standard InChI is InChI=1S/C14H22N2O/c1-12-4-2-3-5-13(12)10-16-8-9-17-14(11-16)6-7-15/h2-5,14H,6-11,15H2,1H3. The molecule has 3 nitrogen and oxygen atoms in total. The van der Waals surface area contributed by atoms with Crippen LogP contribution in [0.3, 0.4) is 0 Å². The average molecular weight is 234 g/mol. The summed E-state index contributed by atoms with van der Waals surface area (Å²) in [7, 11) is 0. The van der Waals surface area contributed by atoms with E-state index < -0.39 is 0 Å². The minimum atomic E-state index is 0.317. The zero-order valence-electron chi connectivity index (χ0n) is 10.6. The number of rotatable bonds is 4. The highest BCUT2D eigenvalue weighted by atomic mass is 16.5. The molecule has 0 spiro atoms. The molecule has 1 aliphatic rings. The highest BCUT2D eigenvalue weighted by molar-refractivity contribution is 5.25. The van der Waals surface area contributed by atoms with Crippen molar-refractivity contribution < 1.29 is 4.74 Å². The molecule has 0 amide bonds. The minimum absolute atomic E-state index is 0.317. The molecule has 3 heteroatoms. The molecule has 0 aliphatic carbocycles. The van der Waals surface area contributed by atoms with Crippen LogP contribution >= 0.6 is 0 Å². The van der Waals surface area contributed by atoms with E-state index in [1.807, 2.05) is 0 Å². The molecule has 0 aromatic heterocycles. The Morgan fingerprint density at radius 3 is 3.00 bits per heavy atom. The maximum atomic E-state index is 5.69. The van der Waals surface area contributed by atoms with Crippen molar-refractivity contribution in [3.8, 4) is 0 Å². The molecule has 1 unspecified atom stereocenters. The van der Waals surface area contributed by atoms with Gasteiger partial charge in [-0.2, -0.15) is 0 Å². The molecule has 1 saturated heterocycles. The fraction of sp³-hybridized carbons (Fsp3) is 0.571. The van der Waals surface area contributed by atoms with Crippen molar-refractivity contribution in [1.82, 2.24) is 4.90 Å². The van der Waals surface area contributed by atoms with Gasteiger partial charge >= 0.3 is 0 Å². The summed E-state index contributed by atoms with van der Waals surface area (Å²) in [5.41, 5.74) is 8.37. The SMILES string of the molecule is Cc1ccccc1CN1CCOC(CCN)C1. The van der Waals surface area contributed by atoms with E-state index in [2.05, 4.69) is 36.1 Å². The average Bonchev–Trinajstić information content (AvgIpc) is 2.33. The molecule has 0 radical (unpaired) electrons. The van der Waals surface area contributed by atoms with Crippen LogP contribution in [-0.4, -0.2) is 37.2 Å². The van der Waals surface area contributed by atoms with E-state index in [1.165, 1.54) is 11.1 Å². The molecule has 1 aromatic carbocycles. The summed E-state index contributed by atoms with van der Waals surface area (Å²) in [5.74, 6) is 0. The van der Waals surface area contributed by atoms with Crippen LogP contribution in [0.25, 0.3) is 0 Å². The molecule has 94 valence electrons. The summed E-state index contributed by atoms with van der Waals surface area (Å²) in [5, 5.41) is 0. The number of benzene rings is 1. The van der Waals surface area contributed by atoms with Gasteiger partial charge in [0.1, 0.15) is 0 Å². The van der Waals surface area contributed by atoms with Gasteiger partial charge in [-0.05, 0) is 31.0 Å². The Morgan fingerprint density at radius 1 is 1.41 bits per heavy atom. The molecule has 17 heavy (non-hydrogen) atoms. The summed E-state index contributed by atoms with van der Waals surface area (Å²) in [4.78, 5) is 2.46. The first-order valence-electron chi connectivity index (χ1n) is 6.38. The lowest BCUT2D eigenvalue weighted by atomic mass is 10.1. The monoisotopic (exact) mass is 234 g/mol. The number of hydrogen-bond acceptors (Lipinski definition) is 3. The van der Waals surface area contributed by atoms with Gasteiger partial charge in [0.05, 0.1) is 12.7 Å². The lowest BCUT2D eigenvalue weighted by molar-refractivity contribution is -0.0335. The molecule has 1 fully saturated rings. The Labute approximate surface area is 104 Å². The minimum Gasteiger partial charge on any atom is -0.376 e. The number of nitrogens with two attached hydrogens (primary N) is 1. The summed E-state index contributed by atoms with van der Waals surface area (Å²) >= 11 is 0. The predicted octanol–water partition coefficient (Wildman–Crippen LogP) is 1.54. The number of morpholine rings is 1. The van der Waals surface area contributed by atoms with Crippen molar-refractivity contribution in [2.75, 3.05) is 26.2 Å². The molecule has 1 aromatic rings. The zero-order chi connectivity index (χ0) is 12.1. The van der Waals surface area contributed by atoms with Crippen molar-refractivity contribution in [3.63, 3.8) is 0 Å². The van der Waals surface area contributed by atoms with E-state index in [9.17, 15) is 0 Å². The lowest BCUT2D eigenvalue weighted by Gasteiger charge is -2.33. The fourth-order valence-electron chi connectivity index (χ4n) is 2.31. The molecular weight excluding hydrogens is 212 g/mol. The maximum absolute atomic E-state index is 5.69. The molecule has 0 bridgehead atoms. The van der Waals surface area contributed by atoms with Crippen LogP contribution in [0.4, 0.5) is 0 Å². The van der Waals surface area contributed by atoms with Crippen LogP contribution in [0, 0.1) is 6.92 Å². The van der Waals surface area contributed by atoms with Crippen LogP contribution < -0.4 is 5.73 Å². The van der Waals surface area contributed by atoms with Crippen LogP contribution in [0.2, 0.25) is 0 Å². The zero-order valence-corrected chi connectivity index (χ0v) is 10.6. The van der Waals surface area contributed by atoms with Gasteiger partial charge in [0.2, 0.25) is 0 Å². The van der Waals surface area contributed by atoms with E-state index in [0.29, 0.717) is 12.6 Å². The topological polar surface area (TPSA) is 38.5 Å². The van der Waals surface area contributed by atoms with Gasteiger partial charge in [-0.3, -0.25) is 4.90 Å². The number of hydrogen-bond donors (Lipinski definition) is 1. The largest absolute Gasteiger partial charge is 0.376 e. The van der Waals surface area contributed by atoms with Crippen LogP contribution in [0.1, 0.15) is 17.5 Å². The smallest absolute Gasteiger partial charge is 0.0714 e. The van der Waals surface area contributed by atoms with Gasteiger partial charge in [-0.1, -0.05) is 24.3 Å². The van der Waals surface area contributed by atoms with Gasteiger partial charge in [0.25, 0.3) is 0 Å². The highest BCUT2D eigenvalue weighted by Gasteiger charge is 2.19. The molecular formula is C14H22N2O. The lowest BCUT2D eigenvalue weighted by Crippen LogP contribution is -2.42. The second-order valence-electron chi connectivity index (χ2n) is 4.73. The third-order valence-electron chi connectivity index (χ3n) is 3.37. The number of aryl methyl sites for hydroxylation is 1. The third-order valence-corrected chi connectivity index (χ3v) is 3.37.